The Hall–Kier alpha value is -0.830. The van der Waals surface area contributed by atoms with Gasteiger partial charge in [0.1, 0.15) is 5.60 Å². The lowest BCUT2D eigenvalue weighted by Gasteiger charge is -2.12. The minimum atomic E-state index is -0.828. The van der Waals surface area contributed by atoms with Crippen molar-refractivity contribution in [2.75, 3.05) is 0 Å². The molecule has 0 amide bonds. The zero-order chi connectivity index (χ0) is 9.35. The molecule has 0 aliphatic carbocycles. The van der Waals surface area contributed by atoms with E-state index in [1.807, 2.05) is 17.8 Å². The van der Waals surface area contributed by atoms with Crippen molar-refractivity contribution in [1.29, 1.82) is 0 Å². The third-order valence-corrected chi connectivity index (χ3v) is 1.97. The summed E-state index contributed by atoms with van der Waals surface area (Å²) in [5, 5.41) is 13.9. The summed E-state index contributed by atoms with van der Waals surface area (Å²) in [6.07, 6.45) is 0.944. The SMILES string of the molecule is CCc1cc(C(C)(C)O)nn1C. The van der Waals surface area contributed by atoms with E-state index in [-0.39, 0.29) is 0 Å². The Morgan fingerprint density at radius 1 is 1.58 bits per heavy atom. The van der Waals surface area contributed by atoms with Gasteiger partial charge in [-0.05, 0) is 26.3 Å². The van der Waals surface area contributed by atoms with Crippen LogP contribution in [0, 0.1) is 0 Å². The van der Waals surface area contributed by atoms with E-state index < -0.39 is 5.60 Å². The van der Waals surface area contributed by atoms with Crippen LogP contribution in [0.15, 0.2) is 6.07 Å². The number of hydrogen-bond acceptors (Lipinski definition) is 2. The van der Waals surface area contributed by atoms with Crippen molar-refractivity contribution < 1.29 is 5.11 Å². The molecule has 0 saturated carbocycles. The highest BCUT2D eigenvalue weighted by molar-refractivity contribution is 5.15. The van der Waals surface area contributed by atoms with Crippen LogP contribution in [-0.2, 0) is 19.1 Å². The molecule has 0 unspecified atom stereocenters. The number of rotatable bonds is 2. The van der Waals surface area contributed by atoms with Gasteiger partial charge < -0.3 is 5.11 Å². The van der Waals surface area contributed by atoms with Crippen molar-refractivity contribution in [1.82, 2.24) is 9.78 Å². The van der Waals surface area contributed by atoms with Crippen LogP contribution in [0.5, 0.6) is 0 Å². The van der Waals surface area contributed by atoms with Gasteiger partial charge in [0.2, 0.25) is 0 Å². The number of aryl methyl sites for hydroxylation is 2. The molecule has 0 spiro atoms. The fourth-order valence-electron chi connectivity index (χ4n) is 1.14. The van der Waals surface area contributed by atoms with Crippen LogP contribution in [0.25, 0.3) is 0 Å². The second kappa shape index (κ2) is 2.90. The molecule has 0 bridgehead atoms. The quantitative estimate of drug-likeness (QED) is 0.720. The maximum atomic E-state index is 9.65. The van der Waals surface area contributed by atoms with E-state index in [4.69, 9.17) is 0 Å². The summed E-state index contributed by atoms with van der Waals surface area (Å²) in [6, 6.07) is 1.94. The first-order chi connectivity index (χ1) is 5.45. The first kappa shape index (κ1) is 9.26. The third-order valence-electron chi connectivity index (χ3n) is 1.97. The Labute approximate surface area is 73.0 Å². The summed E-state index contributed by atoms with van der Waals surface area (Å²) in [7, 11) is 1.90. The molecule has 3 nitrogen and oxygen atoms in total. The van der Waals surface area contributed by atoms with Gasteiger partial charge in [0, 0.05) is 12.7 Å². The van der Waals surface area contributed by atoms with Crippen LogP contribution >= 0.6 is 0 Å². The summed E-state index contributed by atoms with van der Waals surface area (Å²) < 4.78 is 1.81. The Balaban J connectivity index is 3.05. The van der Waals surface area contributed by atoms with Gasteiger partial charge in [-0.25, -0.2) is 0 Å². The van der Waals surface area contributed by atoms with Crippen LogP contribution in [0.3, 0.4) is 0 Å². The highest BCUT2D eigenvalue weighted by Crippen LogP contribution is 2.18. The monoisotopic (exact) mass is 168 g/mol. The number of aliphatic hydroxyl groups is 1. The average Bonchev–Trinajstić information content (AvgIpc) is 2.29. The predicted molar refractivity (Wildman–Crippen MR) is 47.8 cm³/mol. The zero-order valence-electron chi connectivity index (χ0n) is 8.13. The highest BCUT2D eigenvalue weighted by atomic mass is 16.3. The van der Waals surface area contributed by atoms with E-state index in [9.17, 15) is 5.11 Å². The predicted octanol–water partition coefficient (Wildman–Crippen LogP) is 1.21. The van der Waals surface area contributed by atoms with Gasteiger partial charge in [-0.1, -0.05) is 6.92 Å². The molecular formula is C9H16N2O. The van der Waals surface area contributed by atoms with Crippen LogP contribution < -0.4 is 0 Å². The average molecular weight is 168 g/mol. The number of aromatic nitrogens is 2. The van der Waals surface area contributed by atoms with E-state index in [1.165, 1.54) is 0 Å². The van der Waals surface area contributed by atoms with E-state index in [0.29, 0.717) is 0 Å². The van der Waals surface area contributed by atoms with E-state index in [1.54, 1.807) is 13.8 Å². The summed E-state index contributed by atoms with van der Waals surface area (Å²) in [5.74, 6) is 0. The molecule has 0 saturated heterocycles. The van der Waals surface area contributed by atoms with Gasteiger partial charge in [-0.3, -0.25) is 4.68 Å². The molecule has 1 N–H and O–H groups in total. The first-order valence-electron chi connectivity index (χ1n) is 4.21. The van der Waals surface area contributed by atoms with Crippen molar-refractivity contribution in [3.63, 3.8) is 0 Å². The molecule has 12 heavy (non-hydrogen) atoms. The second-order valence-electron chi connectivity index (χ2n) is 3.56. The second-order valence-corrected chi connectivity index (χ2v) is 3.56. The van der Waals surface area contributed by atoms with Gasteiger partial charge in [0.15, 0.2) is 0 Å². The molecule has 68 valence electrons. The maximum Gasteiger partial charge on any atom is 0.103 e. The molecule has 0 radical (unpaired) electrons. The van der Waals surface area contributed by atoms with Crippen LogP contribution in [0.2, 0.25) is 0 Å². The van der Waals surface area contributed by atoms with Crippen molar-refractivity contribution in [2.45, 2.75) is 32.8 Å². The molecule has 1 aromatic heterocycles. The summed E-state index contributed by atoms with van der Waals surface area (Å²) in [6.45, 7) is 5.56. The van der Waals surface area contributed by atoms with Crippen molar-refractivity contribution in [2.24, 2.45) is 7.05 Å². The van der Waals surface area contributed by atoms with Gasteiger partial charge in [0.05, 0.1) is 5.69 Å². The Kier molecular flexibility index (Phi) is 2.24. The van der Waals surface area contributed by atoms with E-state index in [2.05, 4.69) is 12.0 Å². The van der Waals surface area contributed by atoms with Gasteiger partial charge in [-0.2, -0.15) is 5.10 Å². The van der Waals surface area contributed by atoms with Crippen molar-refractivity contribution in [3.05, 3.63) is 17.5 Å². The smallest absolute Gasteiger partial charge is 0.103 e. The molecule has 3 heteroatoms. The highest BCUT2D eigenvalue weighted by Gasteiger charge is 2.20. The summed E-state index contributed by atoms with van der Waals surface area (Å²) in [5.41, 5.74) is 1.06. The van der Waals surface area contributed by atoms with Gasteiger partial charge >= 0.3 is 0 Å². The number of nitrogens with zero attached hydrogens (tertiary/aromatic N) is 2. The lowest BCUT2D eigenvalue weighted by molar-refractivity contribution is 0.0732. The molecular weight excluding hydrogens is 152 g/mol. The first-order valence-corrected chi connectivity index (χ1v) is 4.21. The lowest BCUT2D eigenvalue weighted by Crippen LogP contribution is -2.16. The lowest BCUT2D eigenvalue weighted by atomic mass is 10.1. The topological polar surface area (TPSA) is 38.1 Å². The standard InChI is InChI=1S/C9H16N2O/c1-5-7-6-8(9(2,3)12)10-11(7)4/h6,12H,5H2,1-4H3. The molecule has 0 aliphatic rings. The molecule has 0 atom stereocenters. The molecule has 0 aliphatic heterocycles. The van der Waals surface area contributed by atoms with Crippen molar-refractivity contribution in [3.8, 4) is 0 Å². The molecule has 1 rings (SSSR count). The normalized spacial score (nSPS) is 12.1. The maximum absolute atomic E-state index is 9.65. The molecule has 1 heterocycles. The van der Waals surface area contributed by atoms with Crippen LogP contribution in [0.4, 0.5) is 0 Å². The fraction of sp³-hybridized carbons (Fsp3) is 0.667. The van der Waals surface area contributed by atoms with Crippen LogP contribution in [0.1, 0.15) is 32.2 Å². The third kappa shape index (κ3) is 1.67. The minimum Gasteiger partial charge on any atom is -0.384 e. The van der Waals surface area contributed by atoms with Gasteiger partial charge in [0.25, 0.3) is 0 Å². The van der Waals surface area contributed by atoms with Crippen molar-refractivity contribution >= 4 is 0 Å². The molecule has 0 fully saturated rings. The Morgan fingerprint density at radius 3 is 2.42 bits per heavy atom. The van der Waals surface area contributed by atoms with E-state index >= 15 is 0 Å². The Bertz CT molecular complexity index is 271. The zero-order valence-corrected chi connectivity index (χ0v) is 8.13. The summed E-state index contributed by atoms with van der Waals surface area (Å²) in [4.78, 5) is 0. The Morgan fingerprint density at radius 2 is 2.17 bits per heavy atom. The largest absolute Gasteiger partial charge is 0.384 e. The number of hydrogen-bond donors (Lipinski definition) is 1. The molecule has 1 aromatic rings. The van der Waals surface area contributed by atoms with Crippen LogP contribution in [-0.4, -0.2) is 14.9 Å². The minimum absolute atomic E-state index is 0.738. The fourth-order valence-corrected chi connectivity index (χ4v) is 1.14. The van der Waals surface area contributed by atoms with E-state index in [0.717, 1.165) is 17.8 Å². The van der Waals surface area contributed by atoms with Gasteiger partial charge in [-0.15, -0.1) is 0 Å². The summed E-state index contributed by atoms with van der Waals surface area (Å²) >= 11 is 0. The molecule has 0 aromatic carbocycles.